The van der Waals surface area contributed by atoms with Crippen LogP contribution in [0.2, 0.25) is 0 Å². The largest absolute Gasteiger partial charge is 0.469 e. The number of terminal acetylenes is 1. The molecule has 0 amide bonds. The summed E-state index contributed by atoms with van der Waals surface area (Å²) in [6.07, 6.45) is 4.90. The molecule has 0 aromatic rings. The topological polar surface area (TPSA) is 206 Å². The third-order valence-corrected chi connectivity index (χ3v) is 2.39. The molecule has 0 aromatic heterocycles. The summed E-state index contributed by atoms with van der Waals surface area (Å²) in [5, 5.41) is 41.1. The molecule has 13 nitrogen and oxygen atoms in total. The zero-order chi connectivity index (χ0) is 24.5. The Morgan fingerprint density at radius 2 is 1.17 bits per heavy atom. The van der Waals surface area contributed by atoms with E-state index < -0.39 is 68.7 Å². The van der Waals surface area contributed by atoms with Crippen molar-refractivity contribution in [2.45, 2.75) is 25.0 Å². The van der Waals surface area contributed by atoms with E-state index in [0.717, 1.165) is 21.3 Å². The SMILES string of the molecule is C#C.CO.COC(=O)CC(=O)OC(CO)CO.COC(=O)CC(=O)OCC(O)CO. The highest BCUT2D eigenvalue weighted by Crippen LogP contribution is 1.95. The predicted molar refractivity (Wildman–Crippen MR) is 99.4 cm³/mol. The Hall–Kier alpha value is -2.76. The Balaban J connectivity index is -0.000000193. The molecule has 0 heterocycles. The standard InChI is InChI=1S/2C7H12O6.C2H2.CH4O/c1-12-6(10)2-7(11)13-4-5(9)3-8;1-12-6(10)2-7(11)13-5(3-8)4-9;2*1-2/h2*5,8-9H,2-4H2,1H3;1-2H;2H,1H3. The number of carbonyl (C=O) groups excluding carboxylic acids is 4. The van der Waals surface area contributed by atoms with Crippen molar-refractivity contribution in [1.82, 2.24) is 0 Å². The number of methoxy groups -OCH3 is 2. The molecular weight excluding hydrogens is 412 g/mol. The summed E-state index contributed by atoms with van der Waals surface area (Å²) in [6, 6.07) is 0. The number of hydrogen-bond acceptors (Lipinski definition) is 13. The minimum absolute atomic E-state index is 0.327. The van der Waals surface area contributed by atoms with Gasteiger partial charge in [0, 0.05) is 7.11 Å². The highest BCUT2D eigenvalue weighted by Gasteiger charge is 2.16. The first-order chi connectivity index (χ1) is 14.2. The van der Waals surface area contributed by atoms with E-state index in [4.69, 9.17) is 25.5 Å². The first kappa shape index (κ1) is 34.7. The summed E-state index contributed by atoms with van der Waals surface area (Å²) < 4.78 is 17.3. The Morgan fingerprint density at radius 3 is 1.50 bits per heavy atom. The van der Waals surface area contributed by atoms with Crippen LogP contribution in [0.1, 0.15) is 12.8 Å². The molecule has 1 unspecified atom stereocenters. The van der Waals surface area contributed by atoms with E-state index in [0.29, 0.717) is 0 Å². The highest BCUT2D eigenvalue weighted by atomic mass is 16.6. The van der Waals surface area contributed by atoms with E-state index in [1.54, 1.807) is 0 Å². The molecular formula is C17H30O13. The van der Waals surface area contributed by atoms with Crippen molar-refractivity contribution in [2.24, 2.45) is 0 Å². The third-order valence-electron chi connectivity index (χ3n) is 2.39. The fraction of sp³-hybridized carbons (Fsp3) is 0.647. The number of aliphatic hydroxyl groups is 5. The normalized spacial score (nSPS) is 9.70. The Bertz CT molecular complexity index is 472. The maximum atomic E-state index is 10.8. The Morgan fingerprint density at radius 1 is 0.767 bits per heavy atom. The van der Waals surface area contributed by atoms with Gasteiger partial charge >= 0.3 is 23.9 Å². The first-order valence-electron chi connectivity index (χ1n) is 8.01. The number of hydrogen-bond donors (Lipinski definition) is 5. The minimum atomic E-state index is -1.11. The molecule has 30 heavy (non-hydrogen) atoms. The smallest absolute Gasteiger partial charge is 0.317 e. The molecule has 0 spiro atoms. The number of rotatable bonds is 10. The zero-order valence-corrected chi connectivity index (χ0v) is 17.1. The lowest BCUT2D eigenvalue weighted by molar-refractivity contribution is -0.160. The average molecular weight is 442 g/mol. The first-order valence-corrected chi connectivity index (χ1v) is 8.01. The maximum Gasteiger partial charge on any atom is 0.317 e. The minimum Gasteiger partial charge on any atom is -0.469 e. The van der Waals surface area contributed by atoms with Gasteiger partial charge in [0.2, 0.25) is 0 Å². The molecule has 5 N–H and O–H groups in total. The van der Waals surface area contributed by atoms with Crippen molar-refractivity contribution in [3.05, 3.63) is 0 Å². The molecule has 0 bridgehead atoms. The molecule has 0 saturated carbocycles. The van der Waals surface area contributed by atoms with E-state index in [1.807, 2.05) is 0 Å². The van der Waals surface area contributed by atoms with Crippen LogP contribution in [0.4, 0.5) is 0 Å². The van der Waals surface area contributed by atoms with Crippen molar-refractivity contribution in [3.63, 3.8) is 0 Å². The molecule has 0 aliphatic carbocycles. The van der Waals surface area contributed by atoms with Crippen LogP contribution in [0.25, 0.3) is 0 Å². The van der Waals surface area contributed by atoms with Crippen molar-refractivity contribution < 1.29 is 63.7 Å². The van der Waals surface area contributed by atoms with E-state index in [9.17, 15) is 19.2 Å². The molecule has 176 valence electrons. The number of carbonyl (C=O) groups is 4. The fourth-order valence-corrected chi connectivity index (χ4v) is 1.03. The van der Waals surface area contributed by atoms with Gasteiger partial charge in [-0.2, -0.15) is 0 Å². The van der Waals surface area contributed by atoms with E-state index in [-0.39, 0.29) is 6.61 Å². The fourth-order valence-electron chi connectivity index (χ4n) is 1.03. The van der Waals surface area contributed by atoms with Crippen molar-refractivity contribution in [3.8, 4) is 12.8 Å². The lowest BCUT2D eigenvalue weighted by Crippen LogP contribution is -2.26. The quantitative estimate of drug-likeness (QED) is 0.0976. The van der Waals surface area contributed by atoms with Gasteiger partial charge in [-0.1, -0.05) is 0 Å². The van der Waals surface area contributed by atoms with Gasteiger partial charge in [-0.3, -0.25) is 19.2 Å². The molecule has 0 radical (unpaired) electrons. The summed E-state index contributed by atoms with van der Waals surface area (Å²) >= 11 is 0. The van der Waals surface area contributed by atoms with Crippen molar-refractivity contribution in [2.75, 3.05) is 47.8 Å². The number of aliphatic hydroxyl groups excluding tert-OH is 5. The third kappa shape index (κ3) is 25.2. The molecule has 1 atom stereocenters. The Labute approximate surface area is 174 Å². The van der Waals surface area contributed by atoms with Crippen molar-refractivity contribution in [1.29, 1.82) is 0 Å². The average Bonchev–Trinajstić information content (AvgIpc) is 2.78. The summed E-state index contributed by atoms with van der Waals surface area (Å²) in [5.74, 6) is -3.05. The molecule has 0 fully saturated rings. The number of esters is 4. The summed E-state index contributed by atoms with van der Waals surface area (Å²) in [5.41, 5.74) is 0. The van der Waals surface area contributed by atoms with Gasteiger partial charge in [0.05, 0.1) is 34.0 Å². The van der Waals surface area contributed by atoms with Gasteiger partial charge < -0.3 is 44.5 Å². The maximum absolute atomic E-state index is 10.8. The van der Waals surface area contributed by atoms with Crippen LogP contribution >= 0.6 is 0 Å². The van der Waals surface area contributed by atoms with Crippen LogP contribution in [0, 0.1) is 12.8 Å². The summed E-state index contributed by atoms with van der Waals surface area (Å²) in [4.78, 5) is 42.5. The molecule has 0 aromatic carbocycles. The van der Waals surface area contributed by atoms with Crippen molar-refractivity contribution >= 4 is 23.9 Å². The Kier molecular flexibility index (Phi) is 30.4. The molecule has 13 heteroatoms. The molecule has 0 rings (SSSR count). The second kappa shape index (κ2) is 26.2. The molecule has 0 saturated heterocycles. The van der Waals surface area contributed by atoms with Crippen LogP contribution in [0.3, 0.4) is 0 Å². The second-order valence-electron chi connectivity index (χ2n) is 4.50. The second-order valence-corrected chi connectivity index (χ2v) is 4.50. The monoisotopic (exact) mass is 442 g/mol. The molecule has 0 aliphatic rings. The summed E-state index contributed by atoms with van der Waals surface area (Å²) in [7, 11) is 3.30. The zero-order valence-electron chi connectivity index (χ0n) is 17.1. The number of ether oxygens (including phenoxy) is 4. The van der Waals surface area contributed by atoms with Crippen LogP contribution in [0.5, 0.6) is 0 Å². The van der Waals surface area contributed by atoms with E-state index in [1.165, 1.54) is 0 Å². The predicted octanol–water partition coefficient (Wildman–Crippen LogP) is -3.25. The van der Waals surface area contributed by atoms with Crippen LogP contribution < -0.4 is 0 Å². The van der Waals surface area contributed by atoms with Gasteiger partial charge in [0.1, 0.15) is 31.7 Å². The lowest BCUT2D eigenvalue weighted by atomic mass is 10.4. The van der Waals surface area contributed by atoms with Crippen LogP contribution in [-0.2, 0) is 38.1 Å². The van der Waals surface area contributed by atoms with Gasteiger partial charge in [-0.05, 0) is 0 Å². The van der Waals surface area contributed by atoms with Gasteiger partial charge in [-0.15, -0.1) is 12.8 Å². The summed E-state index contributed by atoms with van der Waals surface area (Å²) in [6.45, 7) is -1.79. The van der Waals surface area contributed by atoms with Gasteiger partial charge in [0.15, 0.2) is 0 Å². The van der Waals surface area contributed by atoms with Crippen LogP contribution in [-0.4, -0.2) is 109 Å². The van der Waals surface area contributed by atoms with E-state index in [2.05, 4.69) is 31.8 Å². The molecule has 0 aliphatic heterocycles. The van der Waals surface area contributed by atoms with Gasteiger partial charge in [0.25, 0.3) is 0 Å². The van der Waals surface area contributed by atoms with Gasteiger partial charge in [-0.25, -0.2) is 0 Å². The van der Waals surface area contributed by atoms with Crippen LogP contribution in [0.15, 0.2) is 0 Å². The lowest BCUT2D eigenvalue weighted by Gasteiger charge is -2.11. The van der Waals surface area contributed by atoms with E-state index >= 15 is 0 Å². The highest BCUT2D eigenvalue weighted by molar-refractivity contribution is 5.91.